The summed E-state index contributed by atoms with van der Waals surface area (Å²) < 4.78 is 0. The fraction of sp³-hybridized carbons (Fsp3) is 0.917. The van der Waals surface area contributed by atoms with E-state index in [1.165, 1.54) is 0 Å². The first-order chi connectivity index (χ1) is 7.70. The van der Waals surface area contributed by atoms with Crippen LogP contribution >= 0.6 is 0 Å². The fourth-order valence-electron chi connectivity index (χ4n) is 2.66. The van der Waals surface area contributed by atoms with E-state index in [1.54, 1.807) is 0 Å². The Morgan fingerprint density at radius 1 is 1.31 bits per heavy atom. The van der Waals surface area contributed by atoms with Crippen molar-refractivity contribution in [3.05, 3.63) is 0 Å². The molecular weight excluding hydrogens is 204 g/mol. The average molecular weight is 226 g/mol. The molecule has 0 aromatic carbocycles. The summed E-state index contributed by atoms with van der Waals surface area (Å²) >= 11 is 0. The molecule has 1 saturated heterocycles. The first kappa shape index (κ1) is 11.9. The maximum absolute atomic E-state index is 11.7. The molecule has 1 unspecified atom stereocenters. The first-order valence-electron chi connectivity index (χ1n) is 6.43. The van der Waals surface area contributed by atoms with Crippen molar-refractivity contribution < 1.29 is 9.90 Å². The standard InChI is InChI=1S/C12H22N2O2/c15-11-10(5-1-4-8-13-11)14-9-12(16)6-2-3-7-12/h10,14,16H,1-9H2,(H,13,15). The Morgan fingerprint density at radius 2 is 2.06 bits per heavy atom. The third-order valence-corrected chi connectivity index (χ3v) is 3.75. The van der Waals surface area contributed by atoms with E-state index in [0.717, 1.165) is 51.5 Å². The van der Waals surface area contributed by atoms with Crippen LogP contribution in [-0.2, 0) is 4.79 Å². The fourth-order valence-corrected chi connectivity index (χ4v) is 2.66. The summed E-state index contributed by atoms with van der Waals surface area (Å²) in [6, 6.07) is -0.105. The number of carbonyl (C=O) groups is 1. The van der Waals surface area contributed by atoms with Crippen molar-refractivity contribution in [1.29, 1.82) is 0 Å². The number of nitrogens with one attached hydrogen (secondary N) is 2. The lowest BCUT2D eigenvalue weighted by Gasteiger charge is -2.25. The number of carbonyl (C=O) groups excluding carboxylic acids is 1. The smallest absolute Gasteiger partial charge is 0.237 e. The van der Waals surface area contributed by atoms with Gasteiger partial charge in [0.2, 0.25) is 5.91 Å². The van der Waals surface area contributed by atoms with Gasteiger partial charge in [-0.15, -0.1) is 0 Å². The summed E-state index contributed by atoms with van der Waals surface area (Å²) in [5.74, 6) is 0.0964. The highest BCUT2D eigenvalue weighted by Gasteiger charge is 2.32. The third kappa shape index (κ3) is 2.95. The molecule has 4 heteroatoms. The Balaban J connectivity index is 1.81. The van der Waals surface area contributed by atoms with Crippen LogP contribution in [0.15, 0.2) is 0 Å². The van der Waals surface area contributed by atoms with Crippen LogP contribution in [0.2, 0.25) is 0 Å². The first-order valence-corrected chi connectivity index (χ1v) is 6.43. The van der Waals surface area contributed by atoms with E-state index in [-0.39, 0.29) is 11.9 Å². The van der Waals surface area contributed by atoms with E-state index >= 15 is 0 Å². The Labute approximate surface area is 96.8 Å². The number of hydrogen-bond acceptors (Lipinski definition) is 3. The Kier molecular flexibility index (Phi) is 3.82. The molecule has 1 amide bonds. The second-order valence-corrected chi connectivity index (χ2v) is 5.15. The predicted octanol–water partition coefficient (Wildman–Crippen LogP) is 0.550. The molecule has 0 spiro atoms. The maximum atomic E-state index is 11.7. The summed E-state index contributed by atoms with van der Waals surface area (Å²) in [5.41, 5.74) is -0.563. The van der Waals surface area contributed by atoms with Crippen LogP contribution < -0.4 is 10.6 Å². The summed E-state index contributed by atoms with van der Waals surface area (Å²) in [6.07, 6.45) is 6.98. The minimum atomic E-state index is -0.563. The number of rotatable bonds is 3. The van der Waals surface area contributed by atoms with Gasteiger partial charge in [-0.1, -0.05) is 12.8 Å². The molecule has 0 bridgehead atoms. The van der Waals surface area contributed by atoms with Crippen LogP contribution in [0.4, 0.5) is 0 Å². The molecule has 0 aromatic rings. The van der Waals surface area contributed by atoms with Crippen molar-refractivity contribution in [2.45, 2.75) is 56.6 Å². The molecule has 1 saturated carbocycles. The SMILES string of the molecule is O=C1NCCCCC1NCC1(O)CCCC1. The predicted molar refractivity (Wildman–Crippen MR) is 62.1 cm³/mol. The van der Waals surface area contributed by atoms with Gasteiger partial charge in [-0.05, 0) is 32.1 Å². The minimum Gasteiger partial charge on any atom is -0.389 e. The average Bonchev–Trinajstić information content (AvgIpc) is 2.58. The van der Waals surface area contributed by atoms with Crippen molar-refractivity contribution in [3.63, 3.8) is 0 Å². The van der Waals surface area contributed by atoms with E-state index in [2.05, 4.69) is 10.6 Å². The lowest BCUT2D eigenvalue weighted by atomic mass is 10.0. The zero-order valence-corrected chi connectivity index (χ0v) is 9.80. The Bertz CT molecular complexity index is 249. The van der Waals surface area contributed by atoms with Gasteiger partial charge in [0.05, 0.1) is 11.6 Å². The highest BCUT2D eigenvalue weighted by molar-refractivity contribution is 5.81. The summed E-state index contributed by atoms with van der Waals surface area (Å²) in [7, 11) is 0. The number of amides is 1. The Morgan fingerprint density at radius 3 is 2.81 bits per heavy atom. The van der Waals surface area contributed by atoms with Crippen molar-refractivity contribution >= 4 is 5.91 Å². The van der Waals surface area contributed by atoms with Crippen LogP contribution in [0, 0.1) is 0 Å². The summed E-state index contributed by atoms with van der Waals surface area (Å²) in [6.45, 7) is 1.35. The van der Waals surface area contributed by atoms with Crippen LogP contribution in [-0.4, -0.2) is 35.7 Å². The van der Waals surface area contributed by atoms with E-state index in [4.69, 9.17) is 0 Å². The molecule has 3 N–H and O–H groups in total. The topological polar surface area (TPSA) is 61.4 Å². The highest BCUT2D eigenvalue weighted by Crippen LogP contribution is 2.28. The molecule has 1 heterocycles. The molecule has 2 rings (SSSR count). The molecule has 92 valence electrons. The molecule has 4 nitrogen and oxygen atoms in total. The van der Waals surface area contributed by atoms with E-state index < -0.39 is 5.60 Å². The maximum Gasteiger partial charge on any atom is 0.237 e. The van der Waals surface area contributed by atoms with Crippen molar-refractivity contribution in [1.82, 2.24) is 10.6 Å². The molecule has 2 aliphatic rings. The van der Waals surface area contributed by atoms with Crippen LogP contribution in [0.25, 0.3) is 0 Å². The Hall–Kier alpha value is -0.610. The van der Waals surface area contributed by atoms with E-state index in [9.17, 15) is 9.90 Å². The second-order valence-electron chi connectivity index (χ2n) is 5.15. The highest BCUT2D eigenvalue weighted by atomic mass is 16.3. The summed E-state index contributed by atoms with van der Waals surface area (Å²) in [5, 5.41) is 16.3. The van der Waals surface area contributed by atoms with Gasteiger partial charge >= 0.3 is 0 Å². The van der Waals surface area contributed by atoms with Gasteiger partial charge in [0.25, 0.3) is 0 Å². The molecule has 0 radical (unpaired) electrons. The number of hydrogen-bond donors (Lipinski definition) is 3. The van der Waals surface area contributed by atoms with Crippen LogP contribution in [0.1, 0.15) is 44.9 Å². The second kappa shape index (κ2) is 5.15. The summed E-state index contributed by atoms with van der Waals surface area (Å²) in [4.78, 5) is 11.7. The zero-order valence-electron chi connectivity index (χ0n) is 9.80. The van der Waals surface area contributed by atoms with Gasteiger partial charge in [0.1, 0.15) is 0 Å². The molecule has 16 heavy (non-hydrogen) atoms. The van der Waals surface area contributed by atoms with E-state index in [0.29, 0.717) is 6.54 Å². The van der Waals surface area contributed by atoms with Crippen molar-refractivity contribution in [2.75, 3.05) is 13.1 Å². The zero-order chi connectivity index (χ0) is 11.4. The normalized spacial score (nSPS) is 29.8. The molecule has 1 atom stereocenters. The third-order valence-electron chi connectivity index (χ3n) is 3.75. The minimum absolute atomic E-state index is 0.0964. The van der Waals surface area contributed by atoms with Gasteiger partial charge in [0, 0.05) is 13.1 Å². The monoisotopic (exact) mass is 226 g/mol. The molecule has 0 aromatic heterocycles. The van der Waals surface area contributed by atoms with Crippen molar-refractivity contribution in [2.24, 2.45) is 0 Å². The van der Waals surface area contributed by atoms with Gasteiger partial charge in [0.15, 0.2) is 0 Å². The van der Waals surface area contributed by atoms with Crippen LogP contribution in [0.3, 0.4) is 0 Å². The van der Waals surface area contributed by atoms with E-state index in [1.807, 2.05) is 0 Å². The molecule has 1 aliphatic heterocycles. The van der Waals surface area contributed by atoms with Crippen LogP contribution in [0.5, 0.6) is 0 Å². The largest absolute Gasteiger partial charge is 0.389 e. The van der Waals surface area contributed by atoms with Crippen molar-refractivity contribution in [3.8, 4) is 0 Å². The number of aliphatic hydroxyl groups is 1. The van der Waals surface area contributed by atoms with Gasteiger partial charge in [-0.25, -0.2) is 0 Å². The lowest BCUT2D eigenvalue weighted by molar-refractivity contribution is -0.123. The van der Waals surface area contributed by atoms with Gasteiger partial charge in [-0.2, -0.15) is 0 Å². The van der Waals surface area contributed by atoms with Gasteiger partial charge < -0.3 is 15.7 Å². The molecular formula is C12H22N2O2. The lowest BCUT2D eigenvalue weighted by Crippen LogP contribution is -2.48. The molecule has 2 fully saturated rings. The molecule has 1 aliphatic carbocycles. The van der Waals surface area contributed by atoms with Gasteiger partial charge in [-0.3, -0.25) is 4.79 Å². The quantitative estimate of drug-likeness (QED) is 0.658.